The van der Waals surface area contributed by atoms with Crippen LogP contribution in [0, 0.1) is 6.92 Å². The van der Waals surface area contributed by atoms with Crippen molar-refractivity contribution in [3.05, 3.63) is 17.3 Å². The van der Waals surface area contributed by atoms with E-state index in [4.69, 9.17) is 0 Å². The molecule has 0 fully saturated rings. The van der Waals surface area contributed by atoms with E-state index in [1.165, 1.54) is 4.83 Å². The number of rotatable bonds is 0. The standard InChI is InChI=1S/C7H8N2S/c1-5-8-6-3-4-10-7(6)9(5)2/h3-4H,1-2H3. The predicted molar refractivity (Wildman–Crippen MR) is 43.3 cm³/mol. The van der Waals surface area contributed by atoms with Crippen molar-refractivity contribution in [2.75, 3.05) is 0 Å². The molecule has 3 heteroatoms. The molecular weight excluding hydrogens is 144 g/mol. The predicted octanol–water partition coefficient (Wildman–Crippen LogP) is 1.94. The Bertz CT molecular complexity index is 358. The number of nitrogens with zero attached hydrogens (tertiary/aromatic N) is 2. The van der Waals surface area contributed by atoms with E-state index in [0.29, 0.717) is 0 Å². The van der Waals surface area contributed by atoms with Crippen LogP contribution in [0.5, 0.6) is 0 Å². The van der Waals surface area contributed by atoms with Gasteiger partial charge in [0.15, 0.2) is 0 Å². The highest BCUT2D eigenvalue weighted by Crippen LogP contribution is 2.19. The van der Waals surface area contributed by atoms with Crippen molar-refractivity contribution in [3.63, 3.8) is 0 Å². The van der Waals surface area contributed by atoms with Crippen molar-refractivity contribution in [1.82, 2.24) is 9.55 Å². The van der Waals surface area contributed by atoms with Crippen molar-refractivity contribution < 1.29 is 0 Å². The molecule has 0 spiro atoms. The van der Waals surface area contributed by atoms with E-state index in [-0.39, 0.29) is 0 Å². The fourth-order valence-corrected chi connectivity index (χ4v) is 1.88. The largest absolute Gasteiger partial charge is 0.323 e. The van der Waals surface area contributed by atoms with Gasteiger partial charge in [0, 0.05) is 7.05 Å². The van der Waals surface area contributed by atoms with Gasteiger partial charge in [0.1, 0.15) is 10.7 Å². The van der Waals surface area contributed by atoms with Gasteiger partial charge in [0.25, 0.3) is 0 Å². The second kappa shape index (κ2) is 1.83. The molecule has 0 aliphatic carbocycles. The van der Waals surface area contributed by atoms with Gasteiger partial charge in [-0.3, -0.25) is 0 Å². The summed E-state index contributed by atoms with van der Waals surface area (Å²) in [6.07, 6.45) is 0. The molecule has 2 aromatic rings. The molecule has 0 amide bonds. The van der Waals surface area contributed by atoms with Crippen LogP contribution in [0.3, 0.4) is 0 Å². The number of aromatic nitrogens is 2. The third kappa shape index (κ3) is 0.609. The first-order valence-corrected chi connectivity index (χ1v) is 4.03. The Morgan fingerprint density at radius 3 is 3.10 bits per heavy atom. The smallest absolute Gasteiger partial charge is 0.122 e. The molecule has 52 valence electrons. The maximum atomic E-state index is 4.35. The molecule has 0 N–H and O–H groups in total. The van der Waals surface area contributed by atoms with Crippen molar-refractivity contribution in [3.8, 4) is 0 Å². The molecule has 2 aromatic heterocycles. The number of hydrogen-bond acceptors (Lipinski definition) is 2. The molecule has 0 atom stereocenters. The molecule has 0 bridgehead atoms. The molecule has 2 heterocycles. The fourth-order valence-electron chi connectivity index (χ4n) is 1.03. The lowest BCUT2D eigenvalue weighted by Crippen LogP contribution is -1.88. The summed E-state index contributed by atoms with van der Waals surface area (Å²) in [6.45, 7) is 2.02. The lowest BCUT2D eigenvalue weighted by molar-refractivity contribution is 0.891. The highest BCUT2D eigenvalue weighted by molar-refractivity contribution is 7.16. The van der Waals surface area contributed by atoms with Crippen LogP contribution < -0.4 is 0 Å². The first-order chi connectivity index (χ1) is 4.79. The van der Waals surface area contributed by atoms with Gasteiger partial charge in [0.2, 0.25) is 0 Å². The molecule has 0 saturated carbocycles. The quantitative estimate of drug-likeness (QED) is 0.564. The van der Waals surface area contributed by atoms with E-state index in [1.54, 1.807) is 11.3 Å². The van der Waals surface area contributed by atoms with Crippen LogP contribution in [-0.2, 0) is 7.05 Å². The summed E-state index contributed by atoms with van der Waals surface area (Å²) < 4.78 is 2.11. The Balaban J connectivity index is 2.95. The van der Waals surface area contributed by atoms with E-state index < -0.39 is 0 Å². The number of hydrogen-bond donors (Lipinski definition) is 0. The maximum absolute atomic E-state index is 4.35. The summed E-state index contributed by atoms with van der Waals surface area (Å²) in [7, 11) is 2.04. The van der Waals surface area contributed by atoms with E-state index >= 15 is 0 Å². The first kappa shape index (κ1) is 5.92. The van der Waals surface area contributed by atoms with E-state index in [1.807, 2.05) is 20.0 Å². The van der Waals surface area contributed by atoms with Gasteiger partial charge in [-0.2, -0.15) is 0 Å². The van der Waals surface area contributed by atoms with Crippen LogP contribution in [-0.4, -0.2) is 9.55 Å². The summed E-state index contributed by atoms with van der Waals surface area (Å²) in [5.74, 6) is 1.09. The van der Waals surface area contributed by atoms with Gasteiger partial charge in [-0.25, -0.2) is 4.98 Å². The maximum Gasteiger partial charge on any atom is 0.122 e. The van der Waals surface area contributed by atoms with Gasteiger partial charge < -0.3 is 4.57 Å². The Morgan fingerprint density at radius 2 is 2.40 bits per heavy atom. The average Bonchev–Trinajstić information content (AvgIpc) is 2.41. The van der Waals surface area contributed by atoms with Gasteiger partial charge in [-0.15, -0.1) is 11.3 Å². The molecule has 0 aromatic carbocycles. The van der Waals surface area contributed by atoms with Gasteiger partial charge in [-0.05, 0) is 18.4 Å². The lowest BCUT2D eigenvalue weighted by atomic mass is 10.6. The van der Waals surface area contributed by atoms with Crippen molar-refractivity contribution in [2.24, 2.45) is 7.05 Å². The average molecular weight is 152 g/mol. The number of thiophene rings is 1. The normalized spacial score (nSPS) is 11.0. The van der Waals surface area contributed by atoms with Crippen LogP contribution in [0.2, 0.25) is 0 Å². The minimum Gasteiger partial charge on any atom is -0.323 e. The lowest BCUT2D eigenvalue weighted by Gasteiger charge is -1.90. The van der Waals surface area contributed by atoms with Gasteiger partial charge in [0.05, 0.1) is 5.52 Å². The summed E-state index contributed by atoms with van der Waals surface area (Å²) in [5.41, 5.74) is 1.12. The van der Waals surface area contributed by atoms with E-state index in [2.05, 4.69) is 14.9 Å². The molecular formula is C7H8N2S. The Morgan fingerprint density at radius 1 is 1.60 bits per heavy atom. The molecule has 0 unspecified atom stereocenters. The fraction of sp³-hybridized carbons (Fsp3) is 0.286. The molecule has 0 radical (unpaired) electrons. The van der Waals surface area contributed by atoms with Crippen LogP contribution >= 0.6 is 11.3 Å². The number of fused-ring (bicyclic) bond motifs is 1. The monoisotopic (exact) mass is 152 g/mol. The second-order valence-corrected chi connectivity index (χ2v) is 3.22. The van der Waals surface area contributed by atoms with Crippen molar-refractivity contribution >= 4 is 21.7 Å². The minimum atomic E-state index is 1.09. The van der Waals surface area contributed by atoms with Crippen molar-refractivity contribution in [2.45, 2.75) is 6.92 Å². The zero-order chi connectivity index (χ0) is 7.14. The number of imidazole rings is 1. The highest BCUT2D eigenvalue weighted by Gasteiger charge is 2.02. The van der Waals surface area contributed by atoms with Crippen molar-refractivity contribution in [1.29, 1.82) is 0 Å². The third-order valence-corrected chi connectivity index (χ3v) is 2.68. The summed E-state index contributed by atoms with van der Waals surface area (Å²) >= 11 is 1.74. The number of aryl methyl sites for hydroxylation is 2. The molecule has 0 saturated heterocycles. The summed E-state index contributed by atoms with van der Waals surface area (Å²) in [5, 5.41) is 2.07. The van der Waals surface area contributed by atoms with Crippen LogP contribution in [0.1, 0.15) is 5.82 Å². The summed E-state index contributed by atoms with van der Waals surface area (Å²) in [6, 6.07) is 2.05. The minimum absolute atomic E-state index is 1.09. The molecule has 0 aliphatic rings. The zero-order valence-electron chi connectivity index (χ0n) is 5.96. The van der Waals surface area contributed by atoms with Gasteiger partial charge >= 0.3 is 0 Å². The second-order valence-electron chi connectivity index (χ2n) is 2.33. The zero-order valence-corrected chi connectivity index (χ0v) is 6.77. The highest BCUT2D eigenvalue weighted by atomic mass is 32.1. The Labute approximate surface area is 63.1 Å². The van der Waals surface area contributed by atoms with E-state index in [9.17, 15) is 0 Å². The van der Waals surface area contributed by atoms with E-state index in [0.717, 1.165) is 11.3 Å². The first-order valence-electron chi connectivity index (χ1n) is 3.15. The van der Waals surface area contributed by atoms with Crippen LogP contribution in [0.15, 0.2) is 11.4 Å². The third-order valence-electron chi connectivity index (χ3n) is 1.70. The molecule has 2 rings (SSSR count). The Hall–Kier alpha value is -0.830. The van der Waals surface area contributed by atoms with Gasteiger partial charge in [-0.1, -0.05) is 0 Å². The molecule has 0 aliphatic heterocycles. The summed E-state index contributed by atoms with van der Waals surface area (Å²) in [4.78, 5) is 5.61. The Kier molecular flexibility index (Phi) is 1.08. The SMILES string of the molecule is Cc1nc2ccsc2n1C. The molecule has 2 nitrogen and oxygen atoms in total. The van der Waals surface area contributed by atoms with Crippen LogP contribution in [0.4, 0.5) is 0 Å². The topological polar surface area (TPSA) is 17.8 Å². The van der Waals surface area contributed by atoms with Crippen LogP contribution in [0.25, 0.3) is 10.3 Å². The molecule has 10 heavy (non-hydrogen) atoms.